The Morgan fingerprint density at radius 3 is 2.79 bits per heavy atom. The van der Waals surface area contributed by atoms with Crippen LogP contribution in [0.3, 0.4) is 0 Å². The molecule has 0 bridgehead atoms. The molecule has 104 valence electrons. The topological polar surface area (TPSA) is 64.0 Å². The van der Waals surface area contributed by atoms with Crippen molar-refractivity contribution < 1.29 is 8.42 Å². The fourth-order valence-electron chi connectivity index (χ4n) is 1.99. The fourth-order valence-corrected chi connectivity index (χ4v) is 2.62. The lowest BCUT2D eigenvalue weighted by Crippen LogP contribution is -2.26. The van der Waals surface area contributed by atoms with Gasteiger partial charge in [0, 0.05) is 25.4 Å². The molecule has 0 fully saturated rings. The van der Waals surface area contributed by atoms with Crippen molar-refractivity contribution in [3.05, 3.63) is 30.1 Å². The van der Waals surface area contributed by atoms with Gasteiger partial charge in [-0.1, -0.05) is 12.1 Å². The number of hydrogen-bond acceptors (Lipinski definition) is 3. The molecule has 5 nitrogen and oxygen atoms in total. The second kappa shape index (κ2) is 5.90. The van der Waals surface area contributed by atoms with Crippen LogP contribution in [-0.2, 0) is 23.0 Å². The Hall–Kier alpha value is -1.11. The van der Waals surface area contributed by atoms with Crippen LogP contribution in [0.25, 0.3) is 11.0 Å². The molecule has 1 aromatic carbocycles. The first-order valence-electron chi connectivity index (χ1n) is 5.96. The van der Waals surface area contributed by atoms with Crippen molar-refractivity contribution in [3.8, 4) is 0 Å². The molecule has 1 aromatic heterocycles. The Balaban J connectivity index is 2.26. The number of aromatic nitrogens is 2. The lowest BCUT2D eigenvalue weighted by molar-refractivity contribution is 0.577. The number of para-hydroxylation sites is 2. The van der Waals surface area contributed by atoms with Gasteiger partial charge in [0.2, 0.25) is 10.0 Å². The summed E-state index contributed by atoms with van der Waals surface area (Å²) in [6.07, 6.45) is 1.81. The summed E-state index contributed by atoms with van der Waals surface area (Å²) in [5.41, 5.74) is 1.90. The van der Waals surface area contributed by atoms with E-state index in [1.807, 2.05) is 28.8 Å². The minimum atomic E-state index is -3.17. The average molecular weight is 302 g/mol. The predicted molar refractivity (Wildman–Crippen MR) is 77.0 cm³/mol. The first-order chi connectivity index (χ1) is 9.01. The number of benzene rings is 1. The van der Waals surface area contributed by atoms with E-state index < -0.39 is 10.0 Å². The van der Waals surface area contributed by atoms with Gasteiger partial charge in [-0.05, 0) is 12.1 Å². The van der Waals surface area contributed by atoms with E-state index >= 15 is 0 Å². The molecule has 19 heavy (non-hydrogen) atoms. The van der Waals surface area contributed by atoms with Gasteiger partial charge in [-0.25, -0.2) is 18.1 Å². The van der Waals surface area contributed by atoms with Crippen molar-refractivity contribution in [1.82, 2.24) is 14.3 Å². The van der Waals surface area contributed by atoms with E-state index in [0.717, 1.165) is 23.1 Å². The van der Waals surface area contributed by atoms with Gasteiger partial charge < -0.3 is 4.57 Å². The Labute approximate surface area is 117 Å². The molecule has 0 aliphatic heterocycles. The molecule has 0 radical (unpaired) electrons. The summed E-state index contributed by atoms with van der Waals surface area (Å²) in [6.45, 7) is 0.883. The van der Waals surface area contributed by atoms with Crippen molar-refractivity contribution in [2.75, 3.05) is 18.7 Å². The molecule has 0 amide bonds. The van der Waals surface area contributed by atoms with E-state index in [4.69, 9.17) is 11.6 Å². The van der Waals surface area contributed by atoms with Gasteiger partial charge in [0.1, 0.15) is 5.82 Å². The van der Waals surface area contributed by atoms with Crippen LogP contribution in [0.1, 0.15) is 5.82 Å². The maximum atomic E-state index is 11.1. The summed E-state index contributed by atoms with van der Waals surface area (Å²) in [4.78, 5) is 4.52. The van der Waals surface area contributed by atoms with Crippen LogP contribution < -0.4 is 4.72 Å². The average Bonchev–Trinajstić information content (AvgIpc) is 2.67. The highest BCUT2D eigenvalue weighted by Crippen LogP contribution is 2.16. The number of nitrogens with zero attached hydrogens (tertiary/aromatic N) is 2. The molecule has 2 aromatic rings. The van der Waals surface area contributed by atoms with Crippen molar-refractivity contribution in [2.24, 2.45) is 0 Å². The molecule has 0 spiro atoms. The Bertz CT molecular complexity index is 667. The minimum absolute atomic E-state index is 0.342. The summed E-state index contributed by atoms with van der Waals surface area (Å²) in [5.74, 6) is 1.37. The summed E-state index contributed by atoms with van der Waals surface area (Å²) in [5, 5.41) is 0. The van der Waals surface area contributed by atoms with Crippen molar-refractivity contribution >= 4 is 32.7 Å². The summed E-state index contributed by atoms with van der Waals surface area (Å²) < 4.78 is 26.6. The third-order valence-electron chi connectivity index (χ3n) is 2.75. The summed E-state index contributed by atoms with van der Waals surface area (Å²) in [7, 11) is -3.17. The third-order valence-corrected chi connectivity index (χ3v) is 3.67. The monoisotopic (exact) mass is 301 g/mol. The van der Waals surface area contributed by atoms with E-state index in [2.05, 4.69) is 9.71 Å². The Morgan fingerprint density at radius 1 is 1.37 bits per heavy atom. The maximum Gasteiger partial charge on any atom is 0.208 e. The van der Waals surface area contributed by atoms with E-state index in [1.165, 1.54) is 0 Å². The Kier molecular flexibility index (Phi) is 4.44. The van der Waals surface area contributed by atoms with Gasteiger partial charge in [0.25, 0.3) is 0 Å². The van der Waals surface area contributed by atoms with Crippen LogP contribution in [0.2, 0.25) is 0 Å². The number of rotatable bonds is 6. The fraction of sp³-hybridized carbons (Fsp3) is 0.417. The molecule has 1 N–H and O–H groups in total. The molecule has 0 aliphatic rings. The number of hydrogen-bond donors (Lipinski definition) is 1. The normalized spacial score (nSPS) is 12.1. The lowest BCUT2D eigenvalue weighted by Gasteiger charge is -2.08. The lowest BCUT2D eigenvalue weighted by atomic mass is 10.3. The van der Waals surface area contributed by atoms with Crippen LogP contribution >= 0.6 is 11.6 Å². The predicted octanol–water partition coefficient (Wildman–Crippen LogP) is 1.37. The van der Waals surface area contributed by atoms with Gasteiger partial charge in [0.05, 0.1) is 17.3 Å². The number of imidazole rings is 1. The summed E-state index contributed by atoms with van der Waals surface area (Å²) >= 11 is 5.78. The standard InChI is InChI=1S/C12H16ClN3O2S/c1-19(17,18)14-8-9-16-11-5-3-2-4-10(11)15-12(16)6-7-13/h2-5,14H,6-9H2,1H3. The van der Waals surface area contributed by atoms with Crippen molar-refractivity contribution in [3.63, 3.8) is 0 Å². The van der Waals surface area contributed by atoms with Crippen LogP contribution in [0.4, 0.5) is 0 Å². The molecule has 0 aliphatic carbocycles. The van der Waals surface area contributed by atoms with Crippen LogP contribution in [0.5, 0.6) is 0 Å². The van der Waals surface area contributed by atoms with Gasteiger partial charge >= 0.3 is 0 Å². The Morgan fingerprint density at radius 2 is 2.11 bits per heavy atom. The van der Waals surface area contributed by atoms with Crippen molar-refractivity contribution in [1.29, 1.82) is 0 Å². The number of aryl methyl sites for hydroxylation is 1. The van der Waals surface area contributed by atoms with Crippen LogP contribution in [-0.4, -0.2) is 36.6 Å². The molecule has 0 unspecified atom stereocenters. The molecular weight excluding hydrogens is 286 g/mol. The number of alkyl halides is 1. The first-order valence-corrected chi connectivity index (χ1v) is 8.38. The number of fused-ring (bicyclic) bond motifs is 1. The molecule has 0 saturated carbocycles. The highest BCUT2D eigenvalue weighted by molar-refractivity contribution is 7.88. The number of sulfonamides is 1. The maximum absolute atomic E-state index is 11.1. The van der Waals surface area contributed by atoms with E-state index in [-0.39, 0.29) is 0 Å². The van der Waals surface area contributed by atoms with Crippen molar-refractivity contribution in [2.45, 2.75) is 13.0 Å². The SMILES string of the molecule is CS(=O)(=O)NCCn1c(CCCl)nc2ccccc21. The number of nitrogens with one attached hydrogen (secondary N) is 1. The van der Waals surface area contributed by atoms with Gasteiger partial charge in [-0.2, -0.15) is 0 Å². The molecular formula is C12H16ClN3O2S. The molecule has 1 heterocycles. The van der Waals surface area contributed by atoms with Gasteiger partial charge in [-0.3, -0.25) is 0 Å². The molecule has 0 atom stereocenters. The van der Waals surface area contributed by atoms with Gasteiger partial charge in [0.15, 0.2) is 0 Å². The van der Waals surface area contributed by atoms with E-state index in [1.54, 1.807) is 0 Å². The second-order valence-electron chi connectivity index (χ2n) is 4.27. The van der Waals surface area contributed by atoms with Crippen LogP contribution in [0, 0.1) is 0 Å². The second-order valence-corrected chi connectivity index (χ2v) is 6.48. The highest BCUT2D eigenvalue weighted by Gasteiger charge is 2.10. The van der Waals surface area contributed by atoms with Gasteiger partial charge in [-0.15, -0.1) is 11.6 Å². The zero-order valence-corrected chi connectivity index (χ0v) is 12.2. The largest absolute Gasteiger partial charge is 0.327 e. The third kappa shape index (κ3) is 3.68. The van der Waals surface area contributed by atoms with E-state index in [9.17, 15) is 8.42 Å². The number of halogens is 1. The quantitative estimate of drug-likeness (QED) is 0.820. The summed E-state index contributed by atoms with van der Waals surface area (Å²) in [6, 6.07) is 7.78. The highest BCUT2D eigenvalue weighted by atomic mass is 35.5. The van der Waals surface area contributed by atoms with Crippen LogP contribution in [0.15, 0.2) is 24.3 Å². The first kappa shape index (κ1) is 14.3. The van der Waals surface area contributed by atoms with E-state index in [0.29, 0.717) is 25.4 Å². The molecule has 2 rings (SSSR count). The zero-order valence-electron chi connectivity index (χ0n) is 10.6. The smallest absolute Gasteiger partial charge is 0.208 e. The molecule has 0 saturated heterocycles. The molecule has 7 heteroatoms. The minimum Gasteiger partial charge on any atom is -0.327 e. The zero-order chi connectivity index (χ0) is 13.9.